The van der Waals surface area contributed by atoms with Crippen LogP contribution in [0.4, 0.5) is 0 Å². The van der Waals surface area contributed by atoms with E-state index in [1.165, 1.54) is 38.9 Å². The molecule has 0 N–H and O–H groups in total. The molecule has 1 nitrogen and oxygen atoms in total. The van der Waals surface area contributed by atoms with E-state index in [1.807, 2.05) is 0 Å². The highest BCUT2D eigenvalue weighted by atomic mass is 15.1. The van der Waals surface area contributed by atoms with Gasteiger partial charge < -0.3 is 4.90 Å². The van der Waals surface area contributed by atoms with Crippen molar-refractivity contribution >= 4 is 0 Å². The maximum absolute atomic E-state index is 2.65. The molecule has 1 aliphatic heterocycles. The summed E-state index contributed by atoms with van der Waals surface area (Å²) < 4.78 is 0. The van der Waals surface area contributed by atoms with Crippen molar-refractivity contribution < 1.29 is 0 Å². The molecule has 0 aromatic rings. The Bertz CT molecular complexity index is 178. The van der Waals surface area contributed by atoms with Crippen LogP contribution in [0.2, 0.25) is 0 Å². The van der Waals surface area contributed by atoms with Crippen molar-refractivity contribution in [1.29, 1.82) is 0 Å². The highest BCUT2D eigenvalue weighted by Crippen LogP contribution is 2.58. The van der Waals surface area contributed by atoms with Gasteiger partial charge in [0.15, 0.2) is 0 Å². The minimum absolute atomic E-state index is 0.813. The summed E-state index contributed by atoms with van der Waals surface area (Å²) in [5, 5.41) is 0. The van der Waals surface area contributed by atoms with Crippen LogP contribution in [0.5, 0.6) is 0 Å². The molecule has 0 aromatic carbocycles. The van der Waals surface area contributed by atoms with Crippen molar-refractivity contribution in [2.24, 2.45) is 17.3 Å². The van der Waals surface area contributed by atoms with Gasteiger partial charge in [-0.1, -0.05) is 20.8 Å². The molecule has 1 spiro atoms. The summed E-state index contributed by atoms with van der Waals surface area (Å²) in [6, 6.07) is 0. The summed E-state index contributed by atoms with van der Waals surface area (Å²) in [6.07, 6.45) is 4.46. The van der Waals surface area contributed by atoms with E-state index in [0.717, 1.165) is 17.3 Å². The minimum atomic E-state index is 0.813. The second kappa shape index (κ2) is 3.27. The summed E-state index contributed by atoms with van der Waals surface area (Å²) in [5.41, 5.74) is 0.813. The summed E-state index contributed by atoms with van der Waals surface area (Å²) in [5.74, 6) is 1.87. The predicted molar refractivity (Wildman–Crippen MR) is 56.7 cm³/mol. The van der Waals surface area contributed by atoms with Gasteiger partial charge in [0, 0.05) is 6.54 Å². The zero-order valence-electron chi connectivity index (χ0n) is 9.34. The van der Waals surface area contributed by atoms with Crippen LogP contribution in [0.25, 0.3) is 0 Å². The smallest absolute Gasteiger partial charge is 0.000439 e. The molecule has 2 fully saturated rings. The van der Waals surface area contributed by atoms with Crippen LogP contribution in [0.15, 0.2) is 0 Å². The Hall–Kier alpha value is -0.0400. The average molecular weight is 181 g/mol. The molecule has 76 valence electrons. The van der Waals surface area contributed by atoms with Gasteiger partial charge in [0.2, 0.25) is 0 Å². The van der Waals surface area contributed by atoms with Gasteiger partial charge in [0.25, 0.3) is 0 Å². The van der Waals surface area contributed by atoms with Crippen molar-refractivity contribution in [3.63, 3.8) is 0 Å². The third-order valence-corrected chi connectivity index (χ3v) is 4.07. The number of nitrogens with zero attached hydrogens (tertiary/aromatic N) is 1. The first-order valence-corrected chi connectivity index (χ1v) is 5.85. The first kappa shape index (κ1) is 9.51. The van der Waals surface area contributed by atoms with Crippen molar-refractivity contribution in [1.82, 2.24) is 4.90 Å². The van der Waals surface area contributed by atoms with Gasteiger partial charge in [-0.05, 0) is 49.6 Å². The topological polar surface area (TPSA) is 3.24 Å². The van der Waals surface area contributed by atoms with E-state index in [9.17, 15) is 0 Å². The van der Waals surface area contributed by atoms with Gasteiger partial charge in [-0.15, -0.1) is 0 Å². The molecular formula is C12H23N. The summed E-state index contributed by atoms with van der Waals surface area (Å²) in [6.45, 7) is 11.1. The van der Waals surface area contributed by atoms with Gasteiger partial charge in [-0.2, -0.15) is 0 Å². The fourth-order valence-electron chi connectivity index (χ4n) is 2.95. The molecule has 1 saturated heterocycles. The Morgan fingerprint density at radius 2 is 1.85 bits per heavy atom. The van der Waals surface area contributed by atoms with Gasteiger partial charge >= 0.3 is 0 Å². The minimum Gasteiger partial charge on any atom is -0.303 e. The van der Waals surface area contributed by atoms with Crippen molar-refractivity contribution in [3.8, 4) is 0 Å². The summed E-state index contributed by atoms with van der Waals surface area (Å²) in [7, 11) is 0. The quantitative estimate of drug-likeness (QED) is 0.633. The van der Waals surface area contributed by atoms with Crippen LogP contribution in [-0.4, -0.2) is 24.5 Å². The van der Waals surface area contributed by atoms with Crippen LogP contribution in [0.3, 0.4) is 0 Å². The van der Waals surface area contributed by atoms with Crippen LogP contribution < -0.4 is 0 Å². The van der Waals surface area contributed by atoms with Crippen molar-refractivity contribution in [2.45, 2.75) is 40.0 Å². The van der Waals surface area contributed by atoms with Gasteiger partial charge in [0.05, 0.1) is 0 Å². The van der Waals surface area contributed by atoms with E-state index in [2.05, 4.69) is 25.7 Å². The highest BCUT2D eigenvalue weighted by Gasteiger charge is 2.51. The molecule has 13 heavy (non-hydrogen) atoms. The predicted octanol–water partition coefficient (Wildman–Crippen LogP) is 2.76. The first-order chi connectivity index (χ1) is 6.12. The number of piperidine rings is 1. The fourth-order valence-corrected chi connectivity index (χ4v) is 2.95. The van der Waals surface area contributed by atoms with Gasteiger partial charge in [0.1, 0.15) is 0 Å². The molecule has 0 unspecified atom stereocenters. The maximum atomic E-state index is 2.65. The number of hydrogen-bond donors (Lipinski definition) is 0. The lowest BCUT2D eigenvalue weighted by atomic mass is 9.91. The molecule has 1 heteroatoms. The molecule has 0 bridgehead atoms. The molecule has 1 saturated carbocycles. The van der Waals surface area contributed by atoms with Crippen molar-refractivity contribution in [2.75, 3.05) is 19.6 Å². The number of rotatable bonds is 2. The molecule has 1 heterocycles. The third kappa shape index (κ3) is 1.90. The molecular weight excluding hydrogens is 158 g/mol. The maximum Gasteiger partial charge on any atom is 0.000439 e. The fraction of sp³-hybridized carbons (Fsp3) is 1.00. The number of likely N-dealkylation sites (tertiary alicyclic amines) is 1. The Balaban J connectivity index is 1.77. The Labute approximate surface area is 82.5 Å². The molecule has 2 rings (SSSR count). The van der Waals surface area contributed by atoms with E-state index >= 15 is 0 Å². The van der Waals surface area contributed by atoms with Gasteiger partial charge in [-0.3, -0.25) is 0 Å². The van der Waals surface area contributed by atoms with Crippen LogP contribution in [-0.2, 0) is 0 Å². The molecule has 0 aromatic heterocycles. The van der Waals surface area contributed by atoms with Crippen LogP contribution in [0, 0.1) is 17.3 Å². The molecule has 1 atom stereocenters. The SMILES string of the molecule is CC(C)CN1CCC2(CC1)C[C@H]2C. The van der Waals surface area contributed by atoms with E-state index in [0.29, 0.717) is 0 Å². The lowest BCUT2D eigenvalue weighted by molar-refractivity contribution is 0.150. The monoisotopic (exact) mass is 181 g/mol. The zero-order valence-corrected chi connectivity index (χ0v) is 9.34. The Kier molecular flexibility index (Phi) is 2.39. The number of hydrogen-bond acceptors (Lipinski definition) is 1. The van der Waals surface area contributed by atoms with E-state index in [4.69, 9.17) is 0 Å². The van der Waals surface area contributed by atoms with E-state index in [1.54, 1.807) is 0 Å². The third-order valence-electron chi connectivity index (χ3n) is 4.07. The van der Waals surface area contributed by atoms with Crippen LogP contribution in [0.1, 0.15) is 40.0 Å². The molecule has 2 aliphatic rings. The zero-order chi connectivity index (χ0) is 9.47. The average Bonchev–Trinajstić information content (AvgIpc) is 2.67. The van der Waals surface area contributed by atoms with Gasteiger partial charge in [-0.25, -0.2) is 0 Å². The van der Waals surface area contributed by atoms with E-state index in [-0.39, 0.29) is 0 Å². The Morgan fingerprint density at radius 3 is 2.23 bits per heavy atom. The van der Waals surface area contributed by atoms with Crippen LogP contribution >= 0.6 is 0 Å². The molecule has 0 amide bonds. The summed E-state index contributed by atoms with van der Waals surface area (Å²) in [4.78, 5) is 2.65. The normalized spacial score (nSPS) is 32.8. The molecule has 0 radical (unpaired) electrons. The second-order valence-electron chi connectivity index (χ2n) is 5.66. The second-order valence-corrected chi connectivity index (χ2v) is 5.66. The standard InChI is InChI=1S/C12H23N/c1-10(2)9-13-6-4-12(5-7-13)8-11(12)3/h10-11H,4-9H2,1-3H3/t11-/m1/s1. The first-order valence-electron chi connectivity index (χ1n) is 5.85. The van der Waals surface area contributed by atoms with Crippen molar-refractivity contribution in [3.05, 3.63) is 0 Å². The van der Waals surface area contributed by atoms with E-state index < -0.39 is 0 Å². The molecule has 1 aliphatic carbocycles. The highest BCUT2D eigenvalue weighted by molar-refractivity contribution is 5.02. The lowest BCUT2D eigenvalue weighted by Gasteiger charge is -2.33. The summed E-state index contributed by atoms with van der Waals surface area (Å²) >= 11 is 0. The lowest BCUT2D eigenvalue weighted by Crippen LogP contribution is -2.37. The Morgan fingerprint density at radius 1 is 1.31 bits per heavy atom. The largest absolute Gasteiger partial charge is 0.303 e.